The highest BCUT2D eigenvalue weighted by Crippen LogP contribution is 2.24. The van der Waals surface area contributed by atoms with Crippen molar-refractivity contribution < 1.29 is 24.3 Å². The van der Waals surface area contributed by atoms with Gasteiger partial charge in [0.05, 0.1) is 10.0 Å². The lowest BCUT2D eigenvalue weighted by Crippen LogP contribution is -2.50. The second-order valence-electron chi connectivity index (χ2n) is 6.98. The number of carboxylic acids is 1. The number of aryl methyl sites for hydroxylation is 1. The Labute approximate surface area is 184 Å². The van der Waals surface area contributed by atoms with Crippen molar-refractivity contribution in [2.75, 3.05) is 6.54 Å². The summed E-state index contributed by atoms with van der Waals surface area (Å²) < 4.78 is 0. The molecule has 1 saturated heterocycles. The van der Waals surface area contributed by atoms with Crippen molar-refractivity contribution in [2.24, 2.45) is 4.99 Å². The summed E-state index contributed by atoms with van der Waals surface area (Å²) in [6.07, 6.45) is 1.35. The van der Waals surface area contributed by atoms with Gasteiger partial charge < -0.3 is 15.3 Å². The molecule has 1 aliphatic rings. The molecule has 30 heavy (non-hydrogen) atoms. The Bertz CT molecular complexity index is 846. The lowest BCUT2D eigenvalue weighted by Gasteiger charge is -2.25. The molecule has 10 heteroatoms. The Kier molecular flexibility index (Phi) is 8.80. The van der Waals surface area contributed by atoms with Crippen molar-refractivity contribution in [1.29, 1.82) is 0 Å². The average Bonchev–Trinajstić information content (AvgIpc) is 3.21. The lowest BCUT2D eigenvalue weighted by molar-refractivity contribution is -0.139. The quantitative estimate of drug-likeness (QED) is 0.554. The fourth-order valence-electron chi connectivity index (χ4n) is 3.33. The van der Waals surface area contributed by atoms with Gasteiger partial charge in [-0.05, 0) is 50.1 Å². The SMILES string of the molecule is C=NC(=O)[C@H](CCC(=O)O)NC(=O)[C@@H]1CCCN1C(=O)CCc1ccc(Cl)c(Cl)c1. The molecule has 8 nitrogen and oxygen atoms in total. The number of likely N-dealkylation sites (tertiary alicyclic amines) is 1. The molecule has 2 atom stereocenters. The van der Waals surface area contributed by atoms with Crippen molar-refractivity contribution >= 4 is 53.6 Å². The summed E-state index contributed by atoms with van der Waals surface area (Å²) in [6.45, 7) is 3.58. The number of nitrogens with one attached hydrogen (secondary N) is 1. The highest BCUT2D eigenvalue weighted by atomic mass is 35.5. The topological polar surface area (TPSA) is 116 Å². The third kappa shape index (κ3) is 6.53. The van der Waals surface area contributed by atoms with E-state index in [0.29, 0.717) is 35.9 Å². The maximum atomic E-state index is 12.7. The summed E-state index contributed by atoms with van der Waals surface area (Å²) in [4.78, 5) is 52.8. The molecule has 1 fully saturated rings. The highest BCUT2D eigenvalue weighted by molar-refractivity contribution is 6.42. The van der Waals surface area contributed by atoms with Crippen LogP contribution in [-0.4, -0.2) is 59.0 Å². The smallest absolute Gasteiger partial charge is 0.303 e. The molecule has 1 aliphatic heterocycles. The molecule has 162 valence electrons. The second-order valence-corrected chi connectivity index (χ2v) is 7.80. The first-order chi connectivity index (χ1) is 14.2. The van der Waals surface area contributed by atoms with E-state index in [1.165, 1.54) is 4.90 Å². The van der Waals surface area contributed by atoms with E-state index in [0.717, 1.165) is 5.56 Å². The molecule has 0 aliphatic carbocycles. The van der Waals surface area contributed by atoms with Crippen LogP contribution in [0.2, 0.25) is 10.0 Å². The summed E-state index contributed by atoms with van der Waals surface area (Å²) in [5.41, 5.74) is 0.856. The van der Waals surface area contributed by atoms with Crippen LogP contribution in [0.4, 0.5) is 0 Å². The first kappa shape index (κ1) is 23.8. The maximum Gasteiger partial charge on any atom is 0.303 e. The number of hydrogen-bond acceptors (Lipinski definition) is 4. The summed E-state index contributed by atoms with van der Waals surface area (Å²) in [7, 11) is 0. The lowest BCUT2D eigenvalue weighted by atomic mass is 10.1. The van der Waals surface area contributed by atoms with E-state index in [1.807, 2.05) is 0 Å². The molecule has 3 amide bonds. The first-order valence-corrected chi connectivity index (χ1v) is 10.2. The summed E-state index contributed by atoms with van der Waals surface area (Å²) in [5, 5.41) is 12.2. The first-order valence-electron chi connectivity index (χ1n) is 9.49. The fraction of sp³-hybridized carbons (Fsp3) is 0.450. The molecular weight excluding hydrogens is 433 g/mol. The minimum absolute atomic E-state index is 0.100. The molecule has 1 heterocycles. The number of carbonyl (C=O) groups excluding carboxylic acids is 3. The Morgan fingerprint density at radius 2 is 1.97 bits per heavy atom. The van der Waals surface area contributed by atoms with Gasteiger partial charge in [-0.2, -0.15) is 0 Å². The van der Waals surface area contributed by atoms with Gasteiger partial charge in [0, 0.05) is 19.4 Å². The number of carbonyl (C=O) groups is 4. The number of hydrogen-bond donors (Lipinski definition) is 2. The van der Waals surface area contributed by atoms with Crippen LogP contribution in [0.5, 0.6) is 0 Å². The van der Waals surface area contributed by atoms with Crippen LogP contribution in [0, 0.1) is 0 Å². The number of halogens is 2. The van der Waals surface area contributed by atoms with Gasteiger partial charge in [-0.3, -0.25) is 19.2 Å². The average molecular weight is 456 g/mol. The number of aliphatic imine (C=N–C) groups is 1. The molecule has 0 radical (unpaired) electrons. The Hall–Kier alpha value is -2.45. The van der Waals surface area contributed by atoms with Gasteiger partial charge >= 0.3 is 5.97 Å². The van der Waals surface area contributed by atoms with Crippen LogP contribution in [0.3, 0.4) is 0 Å². The van der Waals surface area contributed by atoms with E-state index >= 15 is 0 Å². The van der Waals surface area contributed by atoms with Crippen LogP contribution in [0.1, 0.15) is 37.7 Å². The maximum absolute atomic E-state index is 12.7. The Balaban J connectivity index is 1.98. The molecule has 0 saturated carbocycles. The molecule has 0 spiro atoms. The van der Waals surface area contributed by atoms with E-state index in [1.54, 1.807) is 18.2 Å². The van der Waals surface area contributed by atoms with E-state index in [2.05, 4.69) is 17.0 Å². The van der Waals surface area contributed by atoms with Gasteiger partial charge in [-0.15, -0.1) is 0 Å². The van der Waals surface area contributed by atoms with Crippen LogP contribution in [0.25, 0.3) is 0 Å². The summed E-state index contributed by atoms with van der Waals surface area (Å²) >= 11 is 11.9. The van der Waals surface area contributed by atoms with Gasteiger partial charge in [-0.1, -0.05) is 29.3 Å². The van der Waals surface area contributed by atoms with Gasteiger partial charge in [0.15, 0.2) is 0 Å². The largest absolute Gasteiger partial charge is 0.481 e. The number of benzene rings is 1. The molecule has 0 aromatic heterocycles. The monoisotopic (exact) mass is 455 g/mol. The normalized spacial score (nSPS) is 16.7. The number of nitrogens with zero attached hydrogens (tertiary/aromatic N) is 2. The number of amides is 3. The fourth-order valence-corrected chi connectivity index (χ4v) is 3.65. The number of carboxylic acid groups (broad SMARTS) is 1. The summed E-state index contributed by atoms with van der Waals surface area (Å²) in [6, 6.07) is 3.36. The molecule has 0 bridgehead atoms. The predicted octanol–water partition coefficient (Wildman–Crippen LogP) is 2.49. The molecule has 0 unspecified atom stereocenters. The van der Waals surface area contributed by atoms with E-state index in [-0.39, 0.29) is 25.2 Å². The van der Waals surface area contributed by atoms with Crippen LogP contribution in [0.15, 0.2) is 23.2 Å². The van der Waals surface area contributed by atoms with Crippen molar-refractivity contribution in [3.63, 3.8) is 0 Å². The van der Waals surface area contributed by atoms with Crippen LogP contribution < -0.4 is 5.32 Å². The molecule has 2 rings (SSSR count). The van der Waals surface area contributed by atoms with Gasteiger partial charge in [0.25, 0.3) is 5.91 Å². The van der Waals surface area contributed by atoms with Crippen molar-refractivity contribution in [3.05, 3.63) is 33.8 Å². The Morgan fingerprint density at radius 3 is 2.60 bits per heavy atom. The van der Waals surface area contributed by atoms with Crippen molar-refractivity contribution in [2.45, 2.75) is 50.6 Å². The van der Waals surface area contributed by atoms with Crippen molar-refractivity contribution in [1.82, 2.24) is 10.2 Å². The van der Waals surface area contributed by atoms with Crippen LogP contribution >= 0.6 is 23.2 Å². The number of rotatable bonds is 9. The Morgan fingerprint density at radius 1 is 1.23 bits per heavy atom. The zero-order chi connectivity index (χ0) is 22.3. The van der Waals surface area contributed by atoms with Gasteiger partial charge in [-0.25, -0.2) is 4.99 Å². The molecular formula is C20H23Cl2N3O5. The zero-order valence-electron chi connectivity index (χ0n) is 16.3. The van der Waals surface area contributed by atoms with Crippen LogP contribution in [-0.2, 0) is 25.6 Å². The number of aliphatic carboxylic acids is 1. The van der Waals surface area contributed by atoms with Gasteiger partial charge in [0.1, 0.15) is 12.1 Å². The predicted molar refractivity (Wildman–Crippen MR) is 113 cm³/mol. The van der Waals surface area contributed by atoms with Crippen molar-refractivity contribution in [3.8, 4) is 0 Å². The third-order valence-electron chi connectivity index (χ3n) is 4.90. The highest BCUT2D eigenvalue weighted by Gasteiger charge is 2.35. The minimum atomic E-state index is -1.09. The molecule has 1 aromatic rings. The van der Waals surface area contributed by atoms with E-state index in [4.69, 9.17) is 28.3 Å². The van der Waals surface area contributed by atoms with E-state index < -0.39 is 29.9 Å². The minimum Gasteiger partial charge on any atom is -0.481 e. The van der Waals surface area contributed by atoms with E-state index in [9.17, 15) is 19.2 Å². The third-order valence-corrected chi connectivity index (χ3v) is 5.64. The van der Waals surface area contributed by atoms with Gasteiger partial charge in [0.2, 0.25) is 11.8 Å². The molecule has 1 aromatic carbocycles. The molecule has 2 N–H and O–H groups in total. The zero-order valence-corrected chi connectivity index (χ0v) is 17.8. The second kappa shape index (κ2) is 11.1. The summed E-state index contributed by atoms with van der Waals surface area (Å²) in [5.74, 6) is -2.48. The standard InChI is InChI=1S/C20H23Cl2N3O5/c1-23-19(29)15(7-9-18(27)28)24-20(30)16-3-2-10-25(16)17(26)8-5-12-4-6-13(21)14(22)11-12/h4,6,11,15-16H,1-3,5,7-10H2,(H,24,30)(H,27,28)/t15-,16-/m0/s1.